The van der Waals surface area contributed by atoms with Crippen molar-refractivity contribution in [3.63, 3.8) is 0 Å². The summed E-state index contributed by atoms with van der Waals surface area (Å²) in [5.41, 5.74) is 2.97. The topological polar surface area (TPSA) is 108 Å². The lowest BCUT2D eigenvalue weighted by Gasteiger charge is -2.40. The van der Waals surface area contributed by atoms with Crippen LogP contribution in [-0.2, 0) is 5.54 Å². The number of likely N-dealkylation sites (tertiary alicyclic amines) is 1. The molecular formula is C30H33N7O2. The molecule has 0 saturated carbocycles. The number of aromatic nitrogens is 4. The fourth-order valence-corrected chi connectivity index (χ4v) is 5.48. The number of para-hydroxylation sites is 1. The third-order valence-electron chi connectivity index (χ3n) is 7.84. The molecule has 4 aromatic rings. The van der Waals surface area contributed by atoms with E-state index in [2.05, 4.69) is 44.7 Å². The Morgan fingerprint density at radius 2 is 1.87 bits per heavy atom. The molecule has 2 atom stereocenters. The highest BCUT2D eigenvalue weighted by atomic mass is 16.5. The van der Waals surface area contributed by atoms with E-state index in [1.54, 1.807) is 12.4 Å². The van der Waals surface area contributed by atoms with Gasteiger partial charge in [0.05, 0.1) is 18.2 Å². The maximum Gasteiger partial charge on any atom is 0.251 e. The summed E-state index contributed by atoms with van der Waals surface area (Å²) < 4.78 is 5.87. The summed E-state index contributed by atoms with van der Waals surface area (Å²) >= 11 is 0. The molecule has 3 N–H and O–H groups in total. The highest BCUT2D eigenvalue weighted by molar-refractivity contribution is 5.95. The van der Waals surface area contributed by atoms with E-state index in [1.165, 1.54) is 0 Å². The van der Waals surface area contributed by atoms with Gasteiger partial charge in [-0.3, -0.25) is 14.9 Å². The molecule has 0 aliphatic carbocycles. The number of piperidine rings is 1. The van der Waals surface area contributed by atoms with Crippen LogP contribution in [0.5, 0.6) is 5.75 Å². The molecule has 2 aliphatic heterocycles. The molecule has 9 heteroatoms. The third-order valence-corrected chi connectivity index (χ3v) is 7.84. The molecule has 6 rings (SSSR count). The molecule has 2 unspecified atom stereocenters. The van der Waals surface area contributed by atoms with Gasteiger partial charge in [0.25, 0.3) is 5.91 Å². The lowest BCUT2D eigenvalue weighted by molar-refractivity contribution is 0.0898. The predicted molar refractivity (Wildman–Crippen MR) is 149 cm³/mol. The average Bonchev–Trinajstić information content (AvgIpc) is 3.48. The molecule has 200 valence electrons. The van der Waals surface area contributed by atoms with Crippen LogP contribution >= 0.6 is 0 Å². The Kier molecular flexibility index (Phi) is 6.74. The van der Waals surface area contributed by atoms with Gasteiger partial charge in [-0.25, -0.2) is 4.98 Å². The van der Waals surface area contributed by atoms with Crippen molar-refractivity contribution in [2.45, 2.75) is 31.3 Å². The van der Waals surface area contributed by atoms with Crippen molar-refractivity contribution in [1.29, 1.82) is 0 Å². The number of carbonyl (C=O) groups is 1. The standard InChI is InChI=1S/C30H33N7O2/c1-20-19-39-25-9-4-3-8-24(25)26(20)32-28(38)22-6-5-7-23(18-22)34-30(12-16-37(2)17-13-30)29-33-27(35-36-29)21-10-14-31-15-11-21/h3-11,14-15,18,20,26,34H,12-13,16-17,19H2,1-2H3,(H,32,38)(H,33,35,36). The van der Waals surface area contributed by atoms with Crippen LogP contribution in [0.15, 0.2) is 73.1 Å². The van der Waals surface area contributed by atoms with Crippen molar-refractivity contribution < 1.29 is 9.53 Å². The van der Waals surface area contributed by atoms with Crippen molar-refractivity contribution >= 4 is 11.6 Å². The van der Waals surface area contributed by atoms with Crippen LogP contribution in [0.25, 0.3) is 11.4 Å². The van der Waals surface area contributed by atoms with E-state index in [-0.39, 0.29) is 17.9 Å². The Morgan fingerprint density at radius 1 is 1.08 bits per heavy atom. The van der Waals surface area contributed by atoms with Crippen LogP contribution in [0.1, 0.15) is 47.6 Å². The zero-order chi connectivity index (χ0) is 26.8. The van der Waals surface area contributed by atoms with Gasteiger partial charge in [0.1, 0.15) is 5.75 Å². The number of hydrogen-bond donors (Lipinski definition) is 3. The maximum atomic E-state index is 13.4. The van der Waals surface area contributed by atoms with E-state index in [4.69, 9.17) is 9.72 Å². The van der Waals surface area contributed by atoms with E-state index < -0.39 is 5.54 Å². The Balaban J connectivity index is 1.25. The molecule has 0 spiro atoms. The van der Waals surface area contributed by atoms with Crippen molar-refractivity contribution in [2.24, 2.45) is 5.92 Å². The molecule has 2 aromatic carbocycles. The highest BCUT2D eigenvalue weighted by Gasteiger charge is 2.39. The van der Waals surface area contributed by atoms with Crippen LogP contribution in [0, 0.1) is 5.92 Å². The van der Waals surface area contributed by atoms with Gasteiger partial charge in [0.2, 0.25) is 0 Å². The van der Waals surface area contributed by atoms with Crippen LogP contribution in [0.2, 0.25) is 0 Å². The first kappa shape index (κ1) is 25.1. The summed E-state index contributed by atoms with van der Waals surface area (Å²) in [6.45, 7) is 4.50. The van der Waals surface area contributed by atoms with E-state index in [0.29, 0.717) is 18.0 Å². The van der Waals surface area contributed by atoms with Gasteiger partial charge < -0.3 is 20.3 Å². The summed E-state index contributed by atoms with van der Waals surface area (Å²) in [6, 6.07) is 19.3. The van der Waals surface area contributed by atoms with Crippen molar-refractivity contribution in [2.75, 3.05) is 32.1 Å². The van der Waals surface area contributed by atoms with Crippen LogP contribution in [-0.4, -0.2) is 57.7 Å². The van der Waals surface area contributed by atoms with Gasteiger partial charge in [0.15, 0.2) is 11.6 Å². The van der Waals surface area contributed by atoms with Crippen molar-refractivity contribution in [1.82, 2.24) is 30.4 Å². The minimum absolute atomic E-state index is 0.107. The van der Waals surface area contributed by atoms with Crippen LogP contribution < -0.4 is 15.4 Å². The number of carbonyl (C=O) groups excluding carboxylic acids is 1. The first-order chi connectivity index (χ1) is 19.0. The quantitative estimate of drug-likeness (QED) is 0.344. The van der Waals surface area contributed by atoms with E-state index in [9.17, 15) is 4.79 Å². The van der Waals surface area contributed by atoms with Gasteiger partial charge in [-0.2, -0.15) is 5.10 Å². The number of nitrogens with one attached hydrogen (secondary N) is 3. The lowest BCUT2D eigenvalue weighted by Crippen LogP contribution is -2.46. The fraction of sp³-hybridized carbons (Fsp3) is 0.333. The van der Waals surface area contributed by atoms with Crippen LogP contribution in [0.3, 0.4) is 0 Å². The molecule has 4 heterocycles. The zero-order valence-corrected chi connectivity index (χ0v) is 22.2. The van der Waals surface area contributed by atoms with Crippen molar-refractivity contribution in [3.05, 3.63) is 90.0 Å². The summed E-state index contributed by atoms with van der Waals surface area (Å²) in [5.74, 6) is 2.33. The molecule has 1 fully saturated rings. The molecule has 1 saturated heterocycles. The highest BCUT2D eigenvalue weighted by Crippen LogP contribution is 2.37. The summed E-state index contributed by atoms with van der Waals surface area (Å²) in [5, 5.41) is 14.7. The minimum Gasteiger partial charge on any atom is -0.493 e. The van der Waals surface area contributed by atoms with Crippen molar-refractivity contribution in [3.8, 4) is 17.1 Å². The molecule has 9 nitrogen and oxygen atoms in total. The number of anilines is 1. The predicted octanol–water partition coefficient (Wildman–Crippen LogP) is 4.40. The first-order valence-electron chi connectivity index (χ1n) is 13.4. The number of H-pyrrole nitrogens is 1. The molecule has 2 aliphatic rings. The number of fused-ring (bicyclic) bond motifs is 1. The first-order valence-corrected chi connectivity index (χ1v) is 13.4. The van der Waals surface area contributed by atoms with Gasteiger partial charge in [-0.05, 0) is 56.3 Å². The Labute approximate surface area is 228 Å². The molecular weight excluding hydrogens is 490 g/mol. The van der Waals surface area contributed by atoms with Gasteiger partial charge in [-0.15, -0.1) is 0 Å². The number of hydrogen-bond acceptors (Lipinski definition) is 7. The van der Waals surface area contributed by atoms with E-state index >= 15 is 0 Å². The second-order valence-electron chi connectivity index (χ2n) is 10.6. The van der Waals surface area contributed by atoms with E-state index in [0.717, 1.165) is 54.3 Å². The molecule has 2 aromatic heterocycles. The molecule has 39 heavy (non-hydrogen) atoms. The SMILES string of the molecule is CC1COc2ccccc2C1NC(=O)c1cccc(NC2(c3nc(-c4ccncc4)n[nH]3)CCN(C)CC2)c1. The number of benzene rings is 2. The summed E-state index contributed by atoms with van der Waals surface area (Å²) in [7, 11) is 2.13. The molecule has 0 bridgehead atoms. The average molecular weight is 524 g/mol. The largest absolute Gasteiger partial charge is 0.493 e. The summed E-state index contributed by atoms with van der Waals surface area (Å²) in [4.78, 5) is 24.8. The zero-order valence-electron chi connectivity index (χ0n) is 22.2. The Bertz CT molecular complexity index is 1450. The number of nitrogens with zero attached hydrogens (tertiary/aromatic N) is 4. The van der Waals surface area contributed by atoms with Gasteiger partial charge in [0, 0.05) is 53.8 Å². The maximum absolute atomic E-state index is 13.4. The number of ether oxygens (including phenoxy) is 1. The summed E-state index contributed by atoms with van der Waals surface area (Å²) in [6.07, 6.45) is 5.18. The Hall–Kier alpha value is -4.24. The lowest BCUT2D eigenvalue weighted by atomic mass is 9.86. The smallest absolute Gasteiger partial charge is 0.251 e. The van der Waals surface area contributed by atoms with Crippen LogP contribution in [0.4, 0.5) is 5.69 Å². The number of aromatic amines is 1. The Morgan fingerprint density at radius 3 is 2.69 bits per heavy atom. The second-order valence-corrected chi connectivity index (χ2v) is 10.6. The van der Waals surface area contributed by atoms with Gasteiger partial charge >= 0.3 is 0 Å². The minimum atomic E-state index is -0.436. The monoisotopic (exact) mass is 523 g/mol. The normalized spacial score (nSPS) is 20.5. The fourth-order valence-electron chi connectivity index (χ4n) is 5.48. The van der Waals surface area contributed by atoms with Gasteiger partial charge in [-0.1, -0.05) is 31.2 Å². The number of rotatable bonds is 6. The second kappa shape index (κ2) is 10.5. The number of amides is 1. The van der Waals surface area contributed by atoms with E-state index in [1.807, 2.05) is 60.7 Å². The number of pyridine rings is 1. The third kappa shape index (κ3) is 5.09. The molecule has 0 radical (unpaired) electrons. The molecule has 1 amide bonds.